The van der Waals surface area contributed by atoms with Gasteiger partial charge in [0.2, 0.25) is 0 Å². The summed E-state index contributed by atoms with van der Waals surface area (Å²) in [4.78, 5) is 30.6. The minimum absolute atomic E-state index is 0.00791. The second-order valence-electron chi connectivity index (χ2n) is 18.2. The normalized spacial score (nSPS) is 18.2. The number of nitrogens with one attached hydrogen (secondary N) is 1. The van der Waals surface area contributed by atoms with E-state index >= 15 is 0 Å². The second kappa shape index (κ2) is 21.4. The average molecular weight is 977 g/mol. The van der Waals surface area contributed by atoms with Gasteiger partial charge in [-0.1, -0.05) is 109 Å². The summed E-state index contributed by atoms with van der Waals surface area (Å²) in [5, 5.41) is 16.8. The fourth-order valence-corrected chi connectivity index (χ4v) is 11.1. The lowest BCUT2D eigenvalue weighted by atomic mass is 9.80. The van der Waals surface area contributed by atoms with Crippen molar-refractivity contribution in [2.24, 2.45) is 0 Å². The average Bonchev–Trinajstić information content (AvgIpc) is 3.72. The first kappa shape index (κ1) is 49.3. The number of nitriles is 1. The fourth-order valence-electron chi connectivity index (χ4n) is 10.2. The van der Waals surface area contributed by atoms with Crippen LogP contribution < -0.4 is 20.7 Å². The van der Waals surface area contributed by atoms with E-state index in [1.807, 2.05) is 124 Å². The number of aromatic nitrogens is 2. The van der Waals surface area contributed by atoms with Gasteiger partial charge < -0.3 is 32.7 Å². The van der Waals surface area contributed by atoms with Crippen LogP contribution in [0.25, 0.3) is 32.3 Å². The SMILES string of the molecule is COc1ccc(C(OC[C@@H]2O[C@H](n3ccc(=O)[nH]c3=O)C(OCc3ccc4ccc5cccc6ccc3c4c56)C2O[PH](=O)OCC(C#N)N(C(C)C)C(C)C)(c2ccccc2)c2ccc(OC)cc2)cc1. The maximum Gasteiger partial charge on any atom is 0.330 e. The third kappa shape index (κ3) is 9.88. The molecule has 1 aliphatic heterocycles. The summed E-state index contributed by atoms with van der Waals surface area (Å²) >= 11 is 0. The first-order valence-electron chi connectivity index (χ1n) is 23.7. The van der Waals surface area contributed by atoms with Gasteiger partial charge in [-0.05, 0) is 107 Å². The van der Waals surface area contributed by atoms with E-state index in [1.165, 1.54) is 16.8 Å². The molecule has 1 fully saturated rings. The van der Waals surface area contributed by atoms with Gasteiger partial charge in [-0.25, -0.2) is 4.79 Å². The van der Waals surface area contributed by atoms with E-state index in [9.17, 15) is 19.4 Å². The van der Waals surface area contributed by atoms with Crippen LogP contribution in [-0.2, 0) is 40.0 Å². The molecule has 1 aromatic heterocycles. The summed E-state index contributed by atoms with van der Waals surface area (Å²) < 4.78 is 60.4. The number of rotatable bonds is 20. The zero-order valence-corrected chi connectivity index (χ0v) is 41.4. The molecule has 2 heterocycles. The molecule has 0 radical (unpaired) electrons. The molecule has 8 aromatic rings. The van der Waals surface area contributed by atoms with Gasteiger partial charge >= 0.3 is 13.9 Å². The Kier molecular flexibility index (Phi) is 14.8. The van der Waals surface area contributed by atoms with E-state index in [-0.39, 0.29) is 31.9 Å². The van der Waals surface area contributed by atoms with Crippen LogP contribution in [0, 0.1) is 11.3 Å². The van der Waals surface area contributed by atoms with Crippen LogP contribution in [-0.4, -0.2) is 78.3 Å². The molecule has 0 amide bonds. The number of ether oxygens (including phenoxy) is 5. The Hall–Kier alpha value is -6.66. The van der Waals surface area contributed by atoms with Crippen molar-refractivity contribution in [3.05, 3.63) is 189 Å². The predicted octanol–water partition coefficient (Wildman–Crippen LogP) is 9.75. The highest BCUT2D eigenvalue weighted by atomic mass is 31.1. The third-order valence-electron chi connectivity index (χ3n) is 13.4. The van der Waals surface area contributed by atoms with Crippen molar-refractivity contribution >= 4 is 40.6 Å². The summed E-state index contributed by atoms with van der Waals surface area (Å²) in [5.74, 6) is 1.29. The summed E-state index contributed by atoms with van der Waals surface area (Å²) in [7, 11) is -0.234. The molecule has 1 aliphatic rings. The minimum atomic E-state index is -3.44. The molecule has 14 nitrogen and oxygen atoms in total. The Morgan fingerprint density at radius 1 is 0.732 bits per heavy atom. The van der Waals surface area contributed by atoms with Crippen LogP contribution >= 0.6 is 8.25 Å². The zero-order chi connectivity index (χ0) is 49.8. The molecule has 7 aromatic carbocycles. The molecule has 6 atom stereocenters. The van der Waals surface area contributed by atoms with Crippen molar-refractivity contribution in [3.8, 4) is 17.6 Å². The summed E-state index contributed by atoms with van der Waals surface area (Å²) in [6.45, 7) is 7.54. The molecule has 71 heavy (non-hydrogen) atoms. The first-order chi connectivity index (χ1) is 34.4. The molecule has 1 N–H and O–H groups in total. The quantitative estimate of drug-likeness (QED) is 0.0438. The highest BCUT2D eigenvalue weighted by Gasteiger charge is 2.50. The Labute approximate surface area is 412 Å². The minimum Gasteiger partial charge on any atom is -0.497 e. The van der Waals surface area contributed by atoms with E-state index in [0.717, 1.165) is 54.6 Å². The van der Waals surface area contributed by atoms with Crippen LogP contribution in [0.2, 0.25) is 0 Å². The maximum absolute atomic E-state index is 14.4. The molecule has 366 valence electrons. The molecule has 0 bridgehead atoms. The molecule has 0 spiro atoms. The number of nitrogens with zero attached hydrogens (tertiary/aromatic N) is 3. The highest BCUT2D eigenvalue weighted by molar-refractivity contribution is 7.33. The molecule has 0 saturated carbocycles. The Morgan fingerprint density at radius 2 is 1.32 bits per heavy atom. The molecule has 4 unspecified atom stereocenters. The third-order valence-corrected chi connectivity index (χ3v) is 14.3. The number of hydrogen-bond donors (Lipinski definition) is 1. The smallest absolute Gasteiger partial charge is 0.330 e. The van der Waals surface area contributed by atoms with Gasteiger partial charge in [0.05, 0.1) is 40.1 Å². The van der Waals surface area contributed by atoms with Gasteiger partial charge in [0, 0.05) is 24.3 Å². The van der Waals surface area contributed by atoms with Crippen LogP contribution in [0.15, 0.2) is 155 Å². The van der Waals surface area contributed by atoms with E-state index in [4.69, 9.17) is 32.7 Å². The lowest BCUT2D eigenvalue weighted by molar-refractivity contribution is -0.0986. The number of benzene rings is 7. The highest BCUT2D eigenvalue weighted by Crippen LogP contribution is 2.45. The van der Waals surface area contributed by atoms with E-state index < -0.39 is 55.7 Å². The maximum atomic E-state index is 14.4. The van der Waals surface area contributed by atoms with Gasteiger partial charge in [-0.3, -0.25) is 23.8 Å². The fraction of sp³-hybridized carbons (Fsp3) is 0.304. The van der Waals surface area contributed by atoms with Crippen molar-refractivity contribution in [1.29, 1.82) is 5.26 Å². The lowest BCUT2D eigenvalue weighted by Crippen LogP contribution is -2.46. The topological polar surface area (TPSA) is 164 Å². The van der Waals surface area contributed by atoms with E-state index in [0.29, 0.717) is 11.5 Å². The number of aromatic amines is 1. The van der Waals surface area contributed by atoms with Crippen molar-refractivity contribution in [2.75, 3.05) is 27.4 Å². The van der Waals surface area contributed by atoms with Crippen molar-refractivity contribution in [2.45, 2.75) is 82.6 Å². The van der Waals surface area contributed by atoms with Gasteiger partial charge in [0.15, 0.2) is 6.23 Å². The zero-order valence-electron chi connectivity index (χ0n) is 40.4. The van der Waals surface area contributed by atoms with Gasteiger partial charge in [0.1, 0.15) is 41.5 Å². The van der Waals surface area contributed by atoms with Gasteiger partial charge in [-0.2, -0.15) is 5.26 Å². The van der Waals surface area contributed by atoms with Crippen LogP contribution in [0.5, 0.6) is 11.5 Å². The summed E-state index contributed by atoms with van der Waals surface area (Å²) in [6.07, 6.45) is -3.34. The van der Waals surface area contributed by atoms with Gasteiger partial charge in [-0.15, -0.1) is 0 Å². The second-order valence-corrected chi connectivity index (χ2v) is 19.2. The van der Waals surface area contributed by atoms with Crippen molar-refractivity contribution < 1.29 is 37.3 Å². The van der Waals surface area contributed by atoms with E-state index in [2.05, 4.69) is 53.5 Å². The molecule has 0 aliphatic carbocycles. The van der Waals surface area contributed by atoms with E-state index in [1.54, 1.807) is 14.2 Å². The molecular weight excluding hydrogens is 920 g/mol. The molecule has 9 rings (SSSR count). The van der Waals surface area contributed by atoms with Crippen LogP contribution in [0.4, 0.5) is 0 Å². The predicted molar refractivity (Wildman–Crippen MR) is 274 cm³/mol. The van der Waals surface area contributed by atoms with Gasteiger partial charge in [0.25, 0.3) is 5.56 Å². The lowest BCUT2D eigenvalue weighted by Gasteiger charge is -2.37. The van der Waals surface area contributed by atoms with Crippen LogP contribution in [0.1, 0.15) is 56.2 Å². The molecule has 15 heteroatoms. The Balaban J connectivity index is 1.14. The number of H-pyrrole nitrogens is 1. The standard InChI is InChI=1S/C56H57N4O10P/c1-35(2)60(36(3)4)44(31-57)33-68-71(63)70-52-48(34-67-56(41-13-8-7-9-14-41,42-20-24-45(64-5)25-21-42)43-22-26-46(65-6)27-23-43)69-54(59-30-29-49(61)58-55(59)62)53(52)66-32-40-18-17-39-16-15-37-11-10-12-38-19-28-47(40)51(39)50(37)38/h7-30,35-36,44,48,52-54,71H,32-34H2,1-6H3,(H,58,61,62)/t44?,48-,52?,53?,54-/m0/s1. The Morgan fingerprint density at radius 3 is 1.92 bits per heavy atom. The van der Waals surface area contributed by atoms with Crippen LogP contribution in [0.3, 0.4) is 0 Å². The summed E-state index contributed by atoms with van der Waals surface area (Å²) in [6, 6.07) is 46.4. The first-order valence-corrected chi connectivity index (χ1v) is 24.9. The summed E-state index contributed by atoms with van der Waals surface area (Å²) in [5.41, 5.74) is 0.471. The van der Waals surface area contributed by atoms with Crippen molar-refractivity contribution in [1.82, 2.24) is 14.5 Å². The van der Waals surface area contributed by atoms with Crippen molar-refractivity contribution in [3.63, 3.8) is 0 Å². The number of methoxy groups -OCH3 is 2. The number of hydrogen-bond acceptors (Lipinski definition) is 12. The Bertz CT molecular complexity index is 3210. The monoisotopic (exact) mass is 976 g/mol. The largest absolute Gasteiger partial charge is 0.497 e. The molecular formula is C56H57N4O10P. The molecule has 1 saturated heterocycles.